The summed E-state index contributed by atoms with van der Waals surface area (Å²) in [5.41, 5.74) is 4.45. The molecule has 0 aliphatic carbocycles. The van der Waals surface area contributed by atoms with Crippen molar-refractivity contribution < 1.29 is 9.53 Å². The van der Waals surface area contributed by atoms with E-state index in [0.717, 1.165) is 24.2 Å². The number of nitrogens with one attached hydrogen (secondary N) is 1. The van der Waals surface area contributed by atoms with Crippen molar-refractivity contribution in [3.63, 3.8) is 0 Å². The highest BCUT2D eigenvalue weighted by atomic mass is 32.1. The van der Waals surface area contributed by atoms with E-state index in [4.69, 9.17) is 4.74 Å². The summed E-state index contributed by atoms with van der Waals surface area (Å²) in [6, 6.07) is 11.4. The van der Waals surface area contributed by atoms with Crippen LogP contribution in [0.1, 0.15) is 24.7 Å². The first-order valence-electron chi connectivity index (χ1n) is 8.68. The van der Waals surface area contributed by atoms with E-state index >= 15 is 0 Å². The van der Waals surface area contributed by atoms with Crippen molar-refractivity contribution >= 4 is 22.4 Å². The van der Waals surface area contributed by atoms with Crippen molar-refractivity contribution in [2.75, 3.05) is 11.9 Å². The topological polar surface area (TPSA) is 56.2 Å². The van der Waals surface area contributed by atoms with Crippen LogP contribution < -0.4 is 10.1 Å². The Balaban J connectivity index is 1.65. The number of hydrogen-bond donors (Lipinski definition) is 1. The SMILES string of the molecule is CCCn1c(C)cc(-c2csc(NC(=O)COc3ccccc3)n2)c1C. The molecule has 1 N–H and O–H groups in total. The largest absolute Gasteiger partial charge is 0.484 e. The van der Waals surface area contributed by atoms with Crippen LogP contribution in [-0.2, 0) is 11.3 Å². The Hall–Kier alpha value is -2.60. The normalized spacial score (nSPS) is 10.7. The molecule has 0 atom stereocenters. The lowest BCUT2D eigenvalue weighted by atomic mass is 10.2. The number of para-hydroxylation sites is 1. The number of anilines is 1. The van der Waals surface area contributed by atoms with E-state index in [1.54, 1.807) is 0 Å². The Morgan fingerprint density at radius 1 is 1.27 bits per heavy atom. The summed E-state index contributed by atoms with van der Waals surface area (Å²) < 4.78 is 7.76. The number of hydrogen-bond acceptors (Lipinski definition) is 4. The molecule has 6 heteroatoms. The number of amides is 1. The maximum atomic E-state index is 12.1. The van der Waals surface area contributed by atoms with E-state index < -0.39 is 0 Å². The molecule has 0 bridgehead atoms. The predicted molar refractivity (Wildman–Crippen MR) is 106 cm³/mol. The Morgan fingerprint density at radius 2 is 2.04 bits per heavy atom. The molecule has 5 nitrogen and oxygen atoms in total. The van der Waals surface area contributed by atoms with Crippen molar-refractivity contribution in [2.45, 2.75) is 33.7 Å². The van der Waals surface area contributed by atoms with Crippen LogP contribution in [0.25, 0.3) is 11.3 Å². The number of nitrogens with zero attached hydrogens (tertiary/aromatic N) is 2. The first kappa shape index (κ1) is 18.2. The number of aryl methyl sites for hydroxylation is 1. The van der Waals surface area contributed by atoms with Gasteiger partial charge in [0.1, 0.15) is 5.75 Å². The zero-order chi connectivity index (χ0) is 18.5. The van der Waals surface area contributed by atoms with Crippen LogP contribution in [0.5, 0.6) is 5.75 Å². The van der Waals surface area contributed by atoms with Gasteiger partial charge in [0.2, 0.25) is 0 Å². The van der Waals surface area contributed by atoms with Crippen molar-refractivity contribution in [3.8, 4) is 17.0 Å². The Kier molecular flexibility index (Phi) is 5.73. The summed E-state index contributed by atoms with van der Waals surface area (Å²) in [6.07, 6.45) is 1.09. The molecule has 0 saturated heterocycles. The van der Waals surface area contributed by atoms with E-state index in [9.17, 15) is 4.79 Å². The molecular formula is C20H23N3O2S. The number of thiazole rings is 1. The molecule has 3 rings (SSSR count). The fourth-order valence-corrected chi connectivity index (χ4v) is 3.63. The van der Waals surface area contributed by atoms with E-state index in [1.165, 1.54) is 22.7 Å². The first-order chi connectivity index (χ1) is 12.6. The highest BCUT2D eigenvalue weighted by molar-refractivity contribution is 7.14. The molecular weight excluding hydrogens is 346 g/mol. The number of carbonyl (C=O) groups is 1. The molecule has 2 heterocycles. The van der Waals surface area contributed by atoms with Gasteiger partial charge in [-0.1, -0.05) is 25.1 Å². The molecule has 1 amide bonds. The van der Waals surface area contributed by atoms with Gasteiger partial charge in [-0.05, 0) is 38.5 Å². The van der Waals surface area contributed by atoms with Crippen LogP contribution in [0.3, 0.4) is 0 Å². The molecule has 0 radical (unpaired) electrons. The second-order valence-electron chi connectivity index (χ2n) is 6.12. The summed E-state index contributed by atoms with van der Waals surface area (Å²) in [5, 5.41) is 5.37. The maximum absolute atomic E-state index is 12.1. The molecule has 1 aromatic carbocycles. The molecule has 26 heavy (non-hydrogen) atoms. The zero-order valence-electron chi connectivity index (χ0n) is 15.3. The van der Waals surface area contributed by atoms with E-state index in [-0.39, 0.29) is 12.5 Å². The molecule has 3 aromatic rings. The highest BCUT2D eigenvalue weighted by Crippen LogP contribution is 2.30. The predicted octanol–water partition coefficient (Wildman–Crippen LogP) is 4.66. The van der Waals surface area contributed by atoms with Gasteiger partial charge in [-0.15, -0.1) is 11.3 Å². The Bertz CT molecular complexity index is 884. The fraction of sp³-hybridized carbons (Fsp3) is 0.300. The molecule has 0 aliphatic rings. The summed E-state index contributed by atoms with van der Waals surface area (Å²) in [5.74, 6) is 0.456. The smallest absolute Gasteiger partial charge is 0.264 e. The molecule has 0 spiro atoms. The first-order valence-corrected chi connectivity index (χ1v) is 9.56. The quantitative estimate of drug-likeness (QED) is 0.659. The molecule has 136 valence electrons. The zero-order valence-corrected chi connectivity index (χ0v) is 16.1. The third-order valence-corrected chi connectivity index (χ3v) is 4.92. The monoisotopic (exact) mass is 369 g/mol. The lowest BCUT2D eigenvalue weighted by Crippen LogP contribution is -2.20. The van der Waals surface area contributed by atoms with E-state index in [2.05, 4.69) is 41.7 Å². The Labute approximate surface area is 157 Å². The van der Waals surface area contributed by atoms with Gasteiger partial charge in [0.15, 0.2) is 11.7 Å². The van der Waals surface area contributed by atoms with Gasteiger partial charge in [0.05, 0.1) is 5.69 Å². The van der Waals surface area contributed by atoms with Crippen molar-refractivity contribution in [2.24, 2.45) is 0 Å². The van der Waals surface area contributed by atoms with Crippen LogP contribution >= 0.6 is 11.3 Å². The van der Waals surface area contributed by atoms with Crippen LogP contribution in [-0.4, -0.2) is 22.1 Å². The number of ether oxygens (including phenoxy) is 1. The van der Waals surface area contributed by atoms with Crippen LogP contribution in [0.4, 0.5) is 5.13 Å². The second kappa shape index (κ2) is 8.19. The van der Waals surface area contributed by atoms with Crippen LogP contribution in [0.2, 0.25) is 0 Å². The van der Waals surface area contributed by atoms with Gasteiger partial charge in [-0.3, -0.25) is 10.1 Å². The van der Waals surface area contributed by atoms with Gasteiger partial charge in [0, 0.05) is 28.9 Å². The highest BCUT2D eigenvalue weighted by Gasteiger charge is 2.14. The lowest BCUT2D eigenvalue weighted by molar-refractivity contribution is -0.118. The van der Waals surface area contributed by atoms with E-state index in [0.29, 0.717) is 10.9 Å². The summed E-state index contributed by atoms with van der Waals surface area (Å²) >= 11 is 1.42. The average molecular weight is 369 g/mol. The summed E-state index contributed by atoms with van der Waals surface area (Å²) in [4.78, 5) is 16.6. The van der Waals surface area contributed by atoms with Crippen molar-refractivity contribution in [3.05, 3.63) is 53.2 Å². The molecule has 0 fully saturated rings. The van der Waals surface area contributed by atoms with Gasteiger partial charge >= 0.3 is 0 Å². The van der Waals surface area contributed by atoms with E-state index in [1.807, 2.05) is 35.7 Å². The average Bonchev–Trinajstić information content (AvgIpc) is 3.20. The minimum atomic E-state index is -0.216. The minimum absolute atomic E-state index is 0.0378. The van der Waals surface area contributed by atoms with Crippen molar-refractivity contribution in [1.82, 2.24) is 9.55 Å². The second-order valence-corrected chi connectivity index (χ2v) is 6.98. The summed E-state index contributed by atoms with van der Waals surface area (Å²) in [6.45, 7) is 7.37. The number of carbonyl (C=O) groups excluding carboxylic acids is 1. The van der Waals surface area contributed by atoms with Gasteiger partial charge < -0.3 is 9.30 Å². The molecule has 0 saturated carbocycles. The van der Waals surface area contributed by atoms with Crippen LogP contribution in [0, 0.1) is 13.8 Å². The third-order valence-electron chi connectivity index (χ3n) is 4.16. The van der Waals surface area contributed by atoms with Crippen LogP contribution in [0.15, 0.2) is 41.8 Å². The molecule has 2 aromatic heterocycles. The number of aromatic nitrogens is 2. The standard InChI is InChI=1S/C20H23N3O2S/c1-4-10-23-14(2)11-17(15(23)3)18-13-26-20(21-18)22-19(24)12-25-16-8-6-5-7-9-16/h5-9,11,13H,4,10,12H2,1-3H3,(H,21,22,24). The van der Waals surface area contributed by atoms with Crippen molar-refractivity contribution in [1.29, 1.82) is 0 Å². The molecule has 0 unspecified atom stereocenters. The third kappa shape index (κ3) is 4.14. The maximum Gasteiger partial charge on any atom is 0.264 e. The van der Waals surface area contributed by atoms with Gasteiger partial charge in [-0.2, -0.15) is 0 Å². The summed E-state index contributed by atoms with van der Waals surface area (Å²) in [7, 11) is 0. The lowest BCUT2D eigenvalue weighted by Gasteiger charge is -2.07. The Morgan fingerprint density at radius 3 is 2.77 bits per heavy atom. The number of benzene rings is 1. The molecule has 0 aliphatic heterocycles. The van der Waals surface area contributed by atoms with Gasteiger partial charge in [0.25, 0.3) is 5.91 Å². The fourth-order valence-electron chi connectivity index (χ4n) is 2.90. The number of rotatable bonds is 7. The van der Waals surface area contributed by atoms with Gasteiger partial charge in [-0.25, -0.2) is 4.98 Å². The minimum Gasteiger partial charge on any atom is -0.484 e.